The first kappa shape index (κ1) is 17.5. The van der Waals surface area contributed by atoms with Crippen LogP contribution < -0.4 is 14.8 Å². The molecule has 0 radical (unpaired) electrons. The molecular formula is C18H16BrN5O3. The molecule has 0 atom stereocenters. The smallest absolute Gasteiger partial charge is 0.269 e. The Bertz CT molecular complexity index is 1030. The van der Waals surface area contributed by atoms with Crippen molar-refractivity contribution in [2.75, 3.05) is 20.8 Å². The molecule has 0 aliphatic carbocycles. The van der Waals surface area contributed by atoms with E-state index in [0.29, 0.717) is 47.5 Å². The van der Waals surface area contributed by atoms with E-state index >= 15 is 0 Å². The third-order valence-electron chi connectivity index (χ3n) is 4.23. The normalized spacial score (nSPS) is 13.1. The molecule has 8 nitrogen and oxygen atoms in total. The molecule has 9 heteroatoms. The number of hydrogen-bond donors (Lipinski definition) is 1. The summed E-state index contributed by atoms with van der Waals surface area (Å²) in [6, 6.07) is 7.19. The van der Waals surface area contributed by atoms with E-state index in [-0.39, 0.29) is 5.91 Å². The zero-order valence-electron chi connectivity index (χ0n) is 14.7. The molecule has 138 valence electrons. The summed E-state index contributed by atoms with van der Waals surface area (Å²) >= 11 is 3.48. The van der Waals surface area contributed by atoms with Crippen molar-refractivity contribution in [3.05, 3.63) is 40.6 Å². The van der Waals surface area contributed by atoms with Gasteiger partial charge in [0.15, 0.2) is 17.3 Å². The van der Waals surface area contributed by atoms with Gasteiger partial charge in [0.25, 0.3) is 5.91 Å². The Labute approximate surface area is 163 Å². The van der Waals surface area contributed by atoms with Crippen molar-refractivity contribution in [3.63, 3.8) is 0 Å². The number of amides is 1. The van der Waals surface area contributed by atoms with Gasteiger partial charge in [0.05, 0.1) is 30.9 Å². The first-order valence-electron chi connectivity index (χ1n) is 8.22. The van der Waals surface area contributed by atoms with E-state index in [0.717, 1.165) is 10.0 Å². The molecule has 1 aromatic carbocycles. The van der Waals surface area contributed by atoms with E-state index in [9.17, 15) is 4.79 Å². The van der Waals surface area contributed by atoms with Crippen molar-refractivity contribution in [3.8, 4) is 34.3 Å². The predicted molar refractivity (Wildman–Crippen MR) is 102 cm³/mol. The quantitative estimate of drug-likeness (QED) is 0.684. The highest BCUT2D eigenvalue weighted by Gasteiger charge is 2.21. The molecule has 2 aromatic heterocycles. The average Bonchev–Trinajstić information content (AvgIpc) is 3.13. The first-order chi connectivity index (χ1) is 13.1. The summed E-state index contributed by atoms with van der Waals surface area (Å²) in [6.45, 7) is 1.21. The van der Waals surface area contributed by atoms with Gasteiger partial charge in [-0.15, -0.1) is 0 Å². The van der Waals surface area contributed by atoms with Crippen molar-refractivity contribution in [1.29, 1.82) is 0 Å². The Morgan fingerprint density at radius 2 is 2.04 bits per heavy atom. The van der Waals surface area contributed by atoms with E-state index in [2.05, 4.69) is 36.3 Å². The Balaban J connectivity index is 1.76. The highest BCUT2D eigenvalue weighted by Crippen LogP contribution is 2.38. The van der Waals surface area contributed by atoms with Crippen LogP contribution in [0.4, 0.5) is 0 Å². The Kier molecular flexibility index (Phi) is 4.53. The SMILES string of the molecule is COc1cc(-c2nccc(-c3cc4n(n3)CCNC4=O)n2)cc(Br)c1OC. The molecule has 0 saturated carbocycles. The molecule has 1 aliphatic heterocycles. The van der Waals surface area contributed by atoms with Crippen LogP contribution in [0.5, 0.6) is 11.5 Å². The van der Waals surface area contributed by atoms with Crippen LogP contribution in [-0.2, 0) is 6.54 Å². The molecule has 3 aromatic rings. The fraction of sp³-hybridized carbons (Fsp3) is 0.222. The molecule has 0 spiro atoms. The number of rotatable bonds is 4. The minimum Gasteiger partial charge on any atom is -0.493 e. The average molecular weight is 430 g/mol. The third-order valence-corrected chi connectivity index (χ3v) is 4.82. The third kappa shape index (κ3) is 3.14. The molecule has 0 bridgehead atoms. The zero-order chi connectivity index (χ0) is 19.0. The van der Waals surface area contributed by atoms with Crippen molar-refractivity contribution < 1.29 is 14.3 Å². The molecule has 0 unspecified atom stereocenters. The Hall–Kier alpha value is -2.94. The van der Waals surface area contributed by atoms with Crippen molar-refractivity contribution in [1.82, 2.24) is 25.1 Å². The molecule has 1 N–H and O–H groups in total. The fourth-order valence-corrected chi connectivity index (χ4v) is 3.55. The molecule has 1 amide bonds. The summed E-state index contributed by atoms with van der Waals surface area (Å²) in [7, 11) is 3.15. The first-order valence-corrected chi connectivity index (χ1v) is 9.01. The molecule has 3 heterocycles. The monoisotopic (exact) mass is 429 g/mol. The minimum absolute atomic E-state index is 0.127. The largest absolute Gasteiger partial charge is 0.493 e. The fourth-order valence-electron chi connectivity index (χ4n) is 2.95. The van der Waals surface area contributed by atoms with Gasteiger partial charge >= 0.3 is 0 Å². The Morgan fingerprint density at radius 3 is 2.78 bits per heavy atom. The van der Waals surface area contributed by atoms with Gasteiger partial charge in [-0.25, -0.2) is 9.97 Å². The van der Waals surface area contributed by atoms with Gasteiger partial charge in [0.1, 0.15) is 11.4 Å². The second-order valence-corrected chi connectivity index (χ2v) is 6.71. The van der Waals surface area contributed by atoms with E-state index in [4.69, 9.17) is 9.47 Å². The molecule has 0 saturated heterocycles. The van der Waals surface area contributed by atoms with E-state index < -0.39 is 0 Å². The maximum Gasteiger partial charge on any atom is 0.269 e. The second-order valence-electron chi connectivity index (χ2n) is 5.85. The topological polar surface area (TPSA) is 91.2 Å². The lowest BCUT2D eigenvalue weighted by molar-refractivity contribution is 0.0924. The number of ether oxygens (including phenoxy) is 2. The van der Waals surface area contributed by atoms with E-state index in [1.54, 1.807) is 37.2 Å². The van der Waals surface area contributed by atoms with Crippen molar-refractivity contribution >= 4 is 21.8 Å². The van der Waals surface area contributed by atoms with Gasteiger partial charge in [-0.3, -0.25) is 9.48 Å². The minimum atomic E-state index is -0.127. The van der Waals surface area contributed by atoms with Crippen LogP contribution in [0.15, 0.2) is 34.9 Å². The number of carbonyl (C=O) groups is 1. The summed E-state index contributed by atoms with van der Waals surface area (Å²) < 4.78 is 13.2. The van der Waals surface area contributed by atoms with Gasteiger partial charge in [-0.2, -0.15) is 5.10 Å². The summed E-state index contributed by atoms with van der Waals surface area (Å²) in [5.74, 6) is 1.57. The number of fused-ring (bicyclic) bond motifs is 1. The van der Waals surface area contributed by atoms with Crippen LogP contribution in [0.25, 0.3) is 22.8 Å². The van der Waals surface area contributed by atoms with Crippen LogP contribution in [0.3, 0.4) is 0 Å². The number of methoxy groups -OCH3 is 2. The van der Waals surface area contributed by atoms with Crippen molar-refractivity contribution in [2.24, 2.45) is 0 Å². The van der Waals surface area contributed by atoms with Crippen molar-refractivity contribution in [2.45, 2.75) is 6.54 Å². The number of halogens is 1. The van der Waals surface area contributed by atoms with Gasteiger partial charge < -0.3 is 14.8 Å². The lowest BCUT2D eigenvalue weighted by Crippen LogP contribution is -2.35. The molecule has 4 rings (SSSR count). The number of hydrogen-bond acceptors (Lipinski definition) is 6. The van der Waals surface area contributed by atoms with Gasteiger partial charge in [-0.05, 0) is 40.2 Å². The standard InChI is InChI=1S/C18H16BrN5O3/c1-26-15-8-10(7-11(19)16(15)27-2)17-20-4-3-12(22-17)13-9-14-18(25)21-5-6-24(14)23-13/h3-4,7-9H,5-6H2,1-2H3,(H,21,25). The second kappa shape index (κ2) is 6.99. The predicted octanol–water partition coefficient (Wildman–Crippen LogP) is 2.53. The zero-order valence-corrected chi connectivity index (χ0v) is 16.3. The summed E-state index contributed by atoms with van der Waals surface area (Å²) in [5, 5.41) is 7.30. The van der Waals surface area contributed by atoms with Crippen LogP contribution in [0.1, 0.15) is 10.5 Å². The van der Waals surface area contributed by atoms with E-state index in [1.807, 2.05) is 12.1 Å². The lowest BCUT2D eigenvalue weighted by atomic mass is 10.1. The number of carbonyl (C=O) groups excluding carboxylic acids is 1. The molecule has 0 fully saturated rings. The maximum atomic E-state index is 12.0. The van der Waals surface area contributed by atoms with Gasteiger partial charge in [0, 0.05) is 18.3 Å². The van der Waals surface area contributed by atoms with Gasteiger partial charge in [-0.1, -0.05) is 0 Å². The number of aromatic nitrogens is 4. The van der Waals surface area contributed by atoms with Crippen LogP contribution in [0, 0.1) is 0 Å². The molecular weight excluding hydrogens is 414 g/mol. The Morgan fingerprint density at radius 1 is 1.19 bits per heavy atom. The summed E-state index contributed by atoms with van der Waals surface area (Å²) in [6.07, 6.45) is 1.67. The maximum absolute atomic E-state index is 12.0. The lowest BCUT2D eigenvalue weighted by Gasteiger charge is -2.13. The summed E-state index contributed by atoms with van der Waals surface area (Å²) in [4.78, 5) is 20.9. The number of nitrogens with zero attached hydrogens (tertiary/aromatic N) is 4. The molecule has 1 aliphatic rings. The highest BCUT2D eigenvalue weighted by atomic mass is 79.9. The van der Waals surface area contributed by atoms with Crippen LogP contribution >= 0.6 is 15.9 Å². The number of nitrogens with one attached hydrogen (secondary N) is 1. The summed E-state index contributed by atoms with van der Waals surface area (Å²) in [5.41, 5.74) is 2.57. The highest BCUT2D eigenvalue weighted by molar-refractivity contribution is 9.10. The van der Waals surface area contributed by atoms with Crippen LogP contribution in [0.2, 0.25) is 0 Å². The van der Waals surface area contributed by atoms with Gasteiger partial charge in [0.2, 0.25) is 0 Å². The number of benzene rings is 1. The molecule has 27 heavy (non-hydrogen) atoms. The van der Waals surface area contributed by atoms with Crippen LogP contribution in [-0.4, -0.2) is 46.4 Å². The van der Waals surface area contributed by atoms with E-state index in [1.165, 1.54) is 0 Å².